The molecule has 0 aromatic heterocycles. The summed E-state index contributed by atoms with van der Waals surface area (Å²) in [5, 5.41) is 6.49. The van der Waals surface area contributed by atoms with E-state index in [0.29, 0.717) is 6.04 Å². The monoisotopic (exact) mass is 210 g/mol. The van der Waals surface area contributed by atoms with Gasteiger partial charge in [0.05, 0.1) is 0 Å². The summed E-state index contributed by atoms with van der Waals surface area (Å²) >= 11 is 0. The Morgan fingerprint density at radius 2 is 1.93 bits per heavy atom. The molecular formula is C12H22N2O. The maximum absolute atomic E-state index is 11.0. The van der Waals surface area contributed by atoms with Gasteiger partial charge in [0.15, 0.2) is 0 Å². The van der Waals surface area contributed by atoms with E-state index < -0.39 is 0 Å². The van der Waals surface area contributed by atoms with E-state index in [9.17, 15) is 4.79 Å². The second-order valence-corrected chi connectivity index (χ2v) is 4.97. The average molecular weight is 210 g/mol. The summed E-state index contributed by atoms with van der Waals surface area (Å²) in [5.41, 5.74) is 0. The highest BCUT2D eigenvalue weighted by Crippen LogP contribution is 2.22. The van der Waals surface area contributed by atoms with Crippen LogP contribution in [0.5, 0.6) is 0 Å². The molecule has 15 heavy (non-hydrogen) atoms. The first-order valence-electron chi connectivity index (χ1n) is 6.34. The van der Waals surface area contributed by atoms with Crippen LogP contribution in [0.1, 0.15) is 44.9 Å². The molecule has 2 N–H and O–H groups in total. The molecule has 1 saturated heterocycles. The molecule has 1 aliphatic carbocycles. The Bertz CT molecular complexity index is 212. The standard InChI is InChI=1S/C12H22N2O/c15-12-7-6-11(14-12)9-13-8-10-4-2-1-3-5-10/h10-11,13H,1-9H2,(H,14,15). The van der Waals surface area contributed by atoms with Gasteiger partial charge in [0, 0.05) is 19.0 Å². The van der Waals surface area contributed by atoms with Crippen molar-refractivity contribution in [3.63, 3.8) is 0 Å². The molecule has 3 nitrogen and oxygen atoms in total. The van der Waals surface area contributed by atoms with Crippen LogP contribution in [-0.4, -0.2) is 25.0 Å². The summed E-state index contributed by atoms with van der Waals surface area (Å²) in [6.07, 6.45) is 8.76. The van der Waals surface area contributed by atoms with E-state index in [1.165, 1.54) is 32.1 Å². The highest BCUT2D eigenvalue weighted by atomic mass is 16.1. The molecule has 1 amide bonds. The minimum Gasteiger partial charge on any atom is -0.352 e. The van der Waals surface area contributed by atoms with Crippen LogP contribution in [-0.2, 0) is 4.79 Å². The van der Waals surface area contributed by atoms with Gasteiger partial charge in [-0.25, -0.2) is 0 Å². The summed E-state index contributed by atoms with van der Waals surface area (Å²) in [4.78, 5) is 11.0. The molecule has 1 saturated carbocycles. The van der Waals surface area contributed by atoms with Gasteiger partial charge in [-0.05, 0) is 31.7 Å². The molecule has 1 aliphatic heterocycles. The molecule has 0 spiro atoms. The number of rotatable bonds is 4. The second kappa shape index (κ2) is 5.50. The van der Waals surface area contributed by atoms with Gasteiger partial charge in [0.1, 0.15) is 0 Å². The molecule has 0 aromatic rings. The lowest BCUT2D eigenvalue weighted by Gasteiger charge is -2.22. The van der Waals surface area contributed by atoms with Crippen LogP contribution in [0.3, 0.4) is 0 Å². The van der Waals surface area contributed by atoms with Gasteiger partial charge in [0.25, 0.3) is 0 Å². The fraction of sp³-hybridized carbons (Fsp3) is 0.917. The lowest BCUT2D eigenvalue weighted by molar-refractivity contribution is -0.119. The van der Waals surface area contributed by atoms with Gasteiger partial charge >= 0.3 is 0 Å². The number of hydrogen-bond donors (Lipinski definition) is 2. The van der Waals surface area contributed by atoms with E-state index in [2.05, 4.69) is 10.6 Å². The Balaban J connectivity index is 1.56. The smallest absolute Gasteiger partial charge is 0.220 e. The Kier molecular flexibility index (Phi) is 4.01. The third kappa shape index (κ3) is 3.49. The van der Waals surface area contributed by atoms with E-state index in [0.717, 1.165) is 31.8 Å². The SMILES string of the molecule is O=C1CCC(CNCC2CCCCC2)N1. The molecule has 3 heteroatoms. The van der Waals surface area contributed by atoms with E-state index in [4.69, 9.17) is 0 Å². The zero-order valence-corrected chi connectivity index (χ0v) is 9.43. The number of nitrogens with one attached hydrogen (secondary N) is 2. The van der Waals surface area contributed by atoms with Gasteiger partial charge in [0.2, 0.25) is 5.91 Å². The maximum atomic E-state index is 11.0. The van der Waals surface area contributed by atoms with E-state index in [1.54, 1.807) is 0 Å². The van der Waals surface area contributed by atoms with E-state index in [-0.39, 0.29) is 5.91 Å². The average Bonchev–Trinajstić information content (AvgIpc) is 2.66. The quantitative estimate of drug-likeness (QED) is 0.737. The lowest BCUT2D eigenvalue weighted by atomic mass is 9.89. The van der Waals surface area contributed by atoms with Gasteiger partial charge < -0.3 is 10.6 Å². The molecule has 0 bridgehead atoms. The Labute approximate surface area is 92.0 Å². The van der Waals surface area contributed by atoms with E-state index in [1.807, 2.05) is 0 Å². The zero-order valence-electron chi connectivity index (χ0n) is 9.43. The largest absolute Gasteiger partial charge is 0.352 e. The highest BCUT2D eigenvalue weighted by molar-refractivity contribution is 5.78. The van der Waals surface area contributed by atoms with Gasteiger partial charge in [-0.1, -0.05) is 19.3 Å². The first kappa shape index (κ1) is 10.9. The minimum atomic E-state index is 0.222. The fourth-order valence-corrected chi connectivity index (χ4v) is 2.68. The summed E-state index contributed by atoms with van der Waals surface area (Å²) in [6, 6.07) is 0.390. The summed E-state index contributed by atoms with van der Waals surface area (Å²) in [7, 11) is 0. The summed E-state index contributed by atoms with van der Waals surface area (Å²) < 4.78 is 0. The molecule has 2 fully saturated rings. The van der Waals surface area contributed by atoms with Crippen LogP contribution in [0.25, 0.3) is 0 Å². The van der Waals surface area contributed by atoms with Crippen LogP contribution >= 0.6 is 0 Å². The van der Waals surface area contributed by atoms with Crippen molar-refractivity contribution in [1.82, 2.24) is 10.6 Å². The molecule has 0 radical (unpaired) electrons. The first-order valence-corrected chi connectivity index (χ1v) is 6.34. The third-order valence-electron chi connectivity index (χ3n) is 3.63. The van der Waals surface area contributed by atoms with E-state index >= 15 is 0 Å². The Morgan fingerprint density at radius 1 is 1.13 bits per heavy atom. The molecule has 1 atom stereocenters. The molecule has 2 rings (SSSR count). The molecular weight excluding hydrogens is 188 g/mol. The normalized spacial score (nSPS) is 28.0. The summed E-state index contributed by atoms with van der Waals surface area (Å²) in [5.74, 6) is 1.11. The van der Waals surface area contributed by atoms with Crippen molar-refractivity contribution in [3.8, 4) is 0 Å². The van der Waals surface area contributed by atoms with Crippen molar-refractivity contribution in [2.45, 2.75) is 51.0 Å². The minimum absolute atomic E-state index is 0.222. The second-order valence-electron chi connectivity index (χ2n) is 4.97. The van der Waals surface area contributed by atoms with Gasteiger partial charge in [-0.3, -0.25) is 4.79 Å². The Morgan fingerprint density at radius 3 is 2.60 bits per heavy atom. The number of carbonyl (C=O) groups is 1. The zero-order chi connectivity index (χ0) is 10.5. The lowest BCUT2D eigenvalue weighted by Crippen LogP contribution is -2.37. The summed E-state index contributed by atoms with van der Waals surface area (Å²) in [6.45, 7) is 2.11. The Hall–Kier alpha value is -0.570. The first-order chi connectivity index (χ1) is 7.34. The van der Waals surface area contributed by atoms with Gasteiger partial charge in [-0.2, -0.15) is 0 Å². The van der Waals surface area contributed by atoms with Crippen molar-refractivity contribution in [2.24, 2.45) is 5.92 Å². The van der Waals surface area contributed by atoms with Crippen molar-refractivity contribution in [1.29, 1.82) is 0 Å². The number of amides is 1. The molecule has 1 unspecified atom stereocenters. The van der Waals surface area contributed by atoms with Crippen molar-refractivity contribution in [3.05, 3.63) is 0 Å². The number of hydrogen-bond acceptors (Lipinski definition) is 2. The third-order valence-corrected chi connectivity index (χ3v) is 3.63. The highest BCUT2D eigenvalue weighted by Gasteiger charge is 2.20. The maximum Gasteiger partial charge on any atom is 0.220 e. The predicted molar refractivity (Wildman–Crippen MR) is 60.6 cm³/mol. The number of carbonyl (C=O) groups excluding carboxylic acids is 1. The van der Waals surface area contributed by atoms with Crippen LogP contribution in [0.4, 0.5) is 0 Å². The predicted octanol–water partition coefficient (Wildman–Crippen LogP) is 1.43. The van der Waals surface area contributed by atoms with Gasteiger partial charge in [-0.15, -0.1) is 0 Å². The van der Waals surface area contributed by atoms with Crippen molar-refractivity contribution >= 4 is 5.91 Å². The topological polar surface area (TPSA) is 41.1 Å². The fourth-order valence-electron chi connectivity index (χ4n) is 2.68. The van der Waals surface area contributed by atoms with Crippen LogP contribution in [0.2, 0.25) is 0 Å². The molecule has 1 heterocycles. The molecule has 86 valence electrons. The van der Waals surface area contributed by atoms with Crippen molar-refractivity contribution in [2.75, 3.05) is 13.1 Å². The van der Waals surface area contributed by atoms with Crippen molar-refractivity contribution < 1.29 is 4.79 Å². The van der Waals surface area contributed by atoms with Crippen LogP contribution in [0, 0.1) is 5.92 Å². The molecule has 0 aromatic carbocycles. The van der Waals surface area contributed by atoms with Crippen LogP contribution < -0.4 is 10.6 Å². The van der Waals surface area contributed by atoms with Crippen LogP contribution in [0.15, 0.2) is 0 Å². The molecule has 2 aliphatic rings.